The fourth-order valence-corrected chi connectivity index (χ4v) is 2.54. The number of ketones is 1. The number of Topliss-reactive ketones (excluding diaryl/α,β-unsaturated/α-hetero) is 1. The van der Waals surface area contributed by atoms with E-state index < -0.39 is 0 Å². The molecule has 3 rings (SSSR count). The number of benzene rings is 2. The van der Waals surface area contributed by atoms with Gasteiger partial charge in [-0.2, -0.15) is 0 Å². The Kier molecular flexibility index (Phi) is 4.78. The standard InChI is InChI=1S/C17H14ClN3O2S/c1-11(22)12-6-8-13(9-7-12)19-10-21-17(24)23-16(20-21)14-4-2-3-5-15(14)18/h2-9,19H,10H2,1H3. The lowest BCUT2D eigenvalue weighted by molar-refractivity contribution is 0.101. The summed E-state index contributed by atoms with van der Waals surface area (Å²) in [7, 11) is 0. The van der Waals surface area contributed by atoms with Crippen LogP contribution in [0.25, 0.3) is 11.5 Å². The summed E-state index contributed by atoms with van der Waals surface area (Å²) in [6.45, 7) is 1.87. The van der Waals surface area contributed by atoms with Crippen molar-refractivity contribution in [2.75, 3.05) is 5.32 Å². The topological polar surface area (TPSA) is 60.1 Å². The highest BCUT2D eigenvalue weighted by atomic mass is 35.5. The van der Waals surface area contributed by atoms with E-state index in [0.29, 0.717) is 28.7 Å². The molecule has 0 atom stereocenters. The molecule has 0 spiro atoms. The predicted octanol–water partition coefficient (Wildman–Crippen LogP) is 4.80. The number of halogens is 1. The van der Waals surface area contributed by atoms with Crippen molar-refractivity contribution in [2.45, 2.75) is 13.6 Å². The van der Waals surface area contributed by atoms with E-state index in [-0.39, 0.29) is 10.6 Å². The van der Waals surface area contributed by atoms with Gasteiger partial charge < -0.3 is 9.73 Å². The first-order chi connectivity index (χ1) is 11.5. The second-order valence-corrected chi connectivity index (χ2v) is 5.88. The number of rotatable bonds is 5. The molecule has 0 unspecified atom stereocenters. The normalized spacial score (nSPS) is 10.6. The van der Waals surface area contributed by atoms with E-state index in [1.165, 1.54) is 11.6 Å². The first kappa shape index (κ1) is 16.4. The molecule has 1 N–H and O–H groups in total. The molecule has 24 heavy (non-hydrogen) atoms. The molecular formula is C17H14ClN3O2S. The van der Waals surface area contributed by atoms with Crippen LogP contribution in [0.1, 0.15) is 17.3 Å². The van der Waals surface area contributed by atoms with Gasteiger partial charge in [-0.1, -0.05) is 23.7 Å². The van der Waals surface area contributed by atoms with Crippen LogP contribution in [0.4, 0.5) is 5.69 Å². The van der Waals surface area contributed by atoms with Gasteiger partial charge in [-0.25, -0.2) is 4.68 Å². The molecule has 122 valence electrons. The van der Waals surface area contributed by atoms with Crippen molar-refractivity contribution in [3.8, 4) is 11.5 Å². The number of aromatic nitrogens is 2. The largest absolute Gasteiger partial charge is 0.409 e. The lowest BCUT2D eigenvalue weighted by atomic mass is 10.1. The van der Waals surface area contributed by atoms with Crippen LogP contribution < -0.4 is 5.32 Å². The van der Waals surface area contributed by atoms with Gasteiger partial charge in [-0.3, -0.25) is 4.79 Å². The van der Waals surface area contributed by atoms with Gasteiger partial charge >= 0.3 is 0 Å². The molecule has 0 fully saturated rings. The summed E-state index contributed by atoms with van der Waals surface area (Å²) in [6.07, 6.45) is 0. The Morgan fingerprint density at radius 3 is 2.62 bits per heavy atom. The zero-order chi connectivity index (χ0) is 17.1. The summed E-state index contributed by atoms with van der Waals surface area (Å²) < 4.78 is 7.05. The molecule has 1 heterocycles. The van der Waals surface area contributed by atoms with Crippen LogP contribution in [0.15, 0.2) is 52.9 Å². The SMILES string of the molecule is CC(=O)c1ccc(NCn2nc(-c3ccccc3Cl)oc2=S)cc1. The first-order valence-corrected chi connectivity index (χ1v) is 8.01. The molecule has 0 aliphatic heterocycles. The highest BCUT2D eigenvalue weighted by Crippen LogP contribution is 2.26. The van der Waals surface area contributed by atoms with Gasteiger partial charge in [-0.05, 0) is 55.5 Å². The molecule has 0 aliphatic carbocycles. The molecular weight excluding hydrogens is 346 g/mol. The Balaban J connectivity index is 1.76. The van der Waals surface area contributed by atoms with Gasteiger partial charge in [-0.15, -0.1) is 5.10 Å². The summed E-state index contributed by atoms with van der Waals surface area (Å²) in [5, 5.41) is 8.07. The maximum Gasteiger partial charge on any atom is 0.289 e. The third-order valence-electron chi connectivity index (χ3n) is 3.43. The molecule has 0 bridgehead atoms. The second-order valence-electron chi connectivity index (χ2n) is 5.12. The van der Waals surface area contributed by atoms with E-state index in [1.807, 2.05) is 30.3 Å². The number of anilines is 1. The van der Waals surface area contributed by atoms with Gasteiger partial charge in [0.05, 0.1) is 10.6 Å². The number of nitrogens with zero attached hydrogens (tertiary/aromatic N) is 2. The van der Waals surface area contributed by atoms with E-state index in [4.69, 9.17) is 28.2 Å². The van der Waals surface area contributed by atoms with Crippen molar-refractivity contribution < 1.29 is 9.21 Å². The lowest BCUT2D eigenvalue weighted by Crippen LogP contribution is -2.09. The molecule has 0 amide bonds. The highest BCUT2D eigenvalue weighted by molar-refractivity contribution is 7.71. The molecule has 2 aromatic carbocycles. The van der Waals surface area contributed by atoms with Crippen molar-refractivity contribution in [1.82, 2.24) is 9.78 Å². The van der Waals surface area contributed by atoms with E-state index in [2.05, 4.69) is 10.4 Å². The average molecular weight is 360 g/mol. The molecule has 1 aromatic heterocycles. The monoisotopic (exact) mass is 359 g/mol. The number of hydrogen-bond acceptors (Lipinski definition) is 5. The lowest BCUT2D eigenvalue weighted by Gasteiger charge is -2.06. The van der Waals surface area contributed by atoms with Crippen LogP contribution >= 0.6 is 23.8 Å². The zero-order valence-corrected chi connectivity index (χ0v) is 14.4. The molecule has 0 saturated heterocycles. The maximum absolute atomic E-state index is 11.3. The molecule has 0 radical (unpaired) electrons. The van der Waals surface area contributed by atoms with Crippen LogP contribution in [-0.4, -0.2) is 15.6 Å². The highest BCUT2D eigenvalue weighted by Gasteiger charge is 2.11. The maximum atomic E-state index is 11.3. The van der Waals surface area contributed by atoms with E-state index in [0.717, 1.165) is 5.69 Å². The van der Waals surface area contributed by atoms with Crippen LogP contribution in [0, 0.1) is 4.84 Å². The van der Waals surface area contributed by atoms with Gasteiger partial charge in [0.15, 0.2) is 5.78 Å². The number of hydrogen-bond donors (Lipinski definition) is 1. The summed E-state index contributed by atoms with van der Waals surface area (Å²) in [5.41, 5.74) is 2.21. The van der Waals surface area contributed by atoms with Gasteiger partial charge in [0.2, 0.25) is 5.89 Å². The number of carbonyl (C=O) groups is 1. The van der Waals surface area contributed by atoms with Crippen molar-refractivity contribution in [3.05, 3.63) is 64.0 Å². The fraction of sp³-hybridized carbons (Fsp3) is 0.118. The fourth-order valence-electron chi connectivity index (χ4n) is 2.14. The van der Waals surface area contributed by atoms with Crippen molar-refractivity contribution >= 4 is 35.3 Å². The van der Waals surface area contributed by atoms with Crippen LogP contribution in [0.3, 0.4) is 0 Å². The first-order valence-electron chi connectivity index (χ1n) is 7.22. The average Bonchev–Trinajstić information content (AvgIpc) is 2.94. The molecule has 0 aliphatic rings. The van der Waals surface area contributed by atoms with Crippen LogP contribution in [-0.2, 0) is 6.67 Å². The quantitative estimate of drug-likeness (QED) is 0.524. The van der Waals surface area contributed by atoms with E-state index in [9.17, 15) is 4.79 Å². The zero-order valence-electron chi connectivity index (χ0n) is 12.8. The van der Waals surface area contributed by atoms with Crippen LogP contribution in [0.5, 0.6) is 0 Å². The van der Waals surface area contributed by atoms with Gasteiger partial charge in [0, 0.05) is 11.3 Å². The Hall–Kier alpha value is -2.44. The summed E-state index contributed by atoms with van der Waals surface area (Å²) in [5.74, 6) is 0.406. The van der Waals surface area contributed by atoms with Crippen molar-refractivity contribution in [2.24, 2.45) is 0 Å². The smallest absolute Gasteiger partial charge is 0.289 e. The van der Waals surface area contributed by atoms with Crippen LogP contribution in [0.2, 0.25) is 5.02 Å². The summed E-state index contributed by atoms with van der Waals surface area (Å²) in [4.78, 5) is 11.5. The van der Waals surface area contributed by atoms with E-state index >= 15 is 0 Å². The Morgan fingerprint density at radius 1 is 1.25 bits per heavy atom. The summed E-state index contributed by atoms with van der Waals surface area (Å²) in [6, 6.07) is 14.5. The minimum Gasteiger partial charge on any atom is -0.409 e. The number of carbonyl (C=O) groups excluding carboxylic acids is 1. The molecule has 3 aromatic rings. The molecule has 7 heteroatoms. The minimum absolute atomic E-state index is 0.0321. The Morgan fingerprint density at radius 2 is 1.96 bits per heavy atom. The summed E-state index contributed by atoms with van der Waals surface area (Å²) >= 11 is 11.3. The third kappa shape index (κ3) is 3.55. The molecule has 0 saturated carbocycles. The minimum atomic E-state index is 0.0321. The Bertz CT molecular complexity index is 932. The third-order valence-corrected chi connectivity index (χ3v) is 4.06. The van der Waals surface area contributed by atoms with Gasteiger partial charge in [0.25, 0.3) is 4.84 Å². The Labute approximate surface area is 148 Å². The number of nitrogens with one attached hydrogen (secondary N) is 1. The molecule has 5 nitrogen and oxygen atoms in total. The predicted molar refractivity (Wildman–Crippen MR) is 95.8 cm³/mol. The van der Waals surface area contributed by atoms with Crippen molar-refractivity contribution in [1.29, 1.82) is 0 Å². The van der Waals surface area contributed by atoms with Gasteiger partial charge in [0.1, 0.15) is 6.67 Å². The van der Waals surface area contributed by atoms with Crippen molar-refractivity contribution in [3.63, 3.8) is 0 Å². The second kappa shape index (κ2) is 6.98. The van der Waals surface area contributed by atoms with E-state index in [1.54, 1.807) is 18.2 Å².